The molecule has 0 aliphatic heterocycles. The number of alkyl halides is 1. The molecule has 1 aromatic carbocycles. The van der Waals surface area contributed by atoms with Crippen molar-refractivity contribution in [1.29, 1.82) is 0 Å². The molecule has 0 radical (unpaired) electrons. The van der Waals surface area contributed by atoms with Gasteiger partial charge in [-0.05, 0) is 24.3 Å². The van der Waals surface area contributed by atoms with Gasteiger partial charge >= 0.3 is 0 Å². The highest BCUT2D eigenvalue weighted by atomic mass is 79.9. The lowest BCUT2D eigenvalue weighted by molar-refractivity contribution is 0.0986. The summed E-state index contributed by atoms with van der Waals surface area (Å²) >= 11 is 4.96. The summed E-state index contributed by atoms with van der Waals surface area (Å²) in [5, 5.41) is 0.734. The molecule has 0 aliphatic carbocycles. The summed E-state index contributed by atoms with van der Waals surface area (Å²) in [7, 11) is 0. The van der Waals surface area contributed by atoms with E-state index in [2.05, 4.69) is 22.9 Å². The van der Waals surface area contributed by atoms with Crippen LogP contribution in [0.5, 0.6) is 0 Å². The van der Waals surface area contributed by atoms with Crippen LogP contribution in [0.4, 0.5) is 0 Å². The molecule has 1 nitrogen and oxygen atoms in total. The van der Waals surface area contributed by atoms with Gasteiger partial charge in [0.2, 0.25) is 0 Å². The molecule has 0 saturated carbocycles. The average molecular weight is 287 g/mol. The predicted octanol–water partition coefficient (Wildman–Crippen LogP) is 3.94. The minimum Gasteiger partial charge on any atom is -0.294 e. The lowest BCUT2D eigenvalue weighted by Gasteiger charge is -2.10. The van der Waals surface area contributed by atoms with Crippen LogP contribution in [0.25, 0.3) is 0 Å². The van der Waals surface area contributed by atoms with Crippen molar-refractivity contribution in [3.05, 3.63) is 29.3 Å². The number of benzene rings is 1. The second kappa shape index (κ2) is 6.33. The van der Waals surface area contributed by atoms with Gasteiger partial charge in [-0.15, -0.1) is 11.8 Å². The fraction of sp³-hybridized carbons (Fsp3) is 0.417. The molecule has 82 valence electrons. The van der Waals surface area contributed by atoms with E-state index in [-0.39, 0.29) is 5.78 Å². The summed E-state index contributed by atoms with van der Waals surface area (Å²) in [5.41, 5.74) is 2.08. The van der Waals surface area contributed by atoms with E-state index in [1.807, 2.05) is 24.5 Å². The first-order chi connectivity index (χ1) is 7.24. The number of carbonyl (C=O) groups excluding carboxylic acids is 1. The number of hydrogen-bond acceptors (Lipinski definition) is 2. The fourth-order valence-electron chi connectivity index (χ4n) is 1.57. The van der Waals surface area contributed by atoms with Crippen molar-refractivity contribution in [3.63, 3.8) is 0 Å². The molecule has 0 amide bonds. The second-order valence-electron chi connectivity index (χ2n) is 3.21. The van der Waals surface area contributed by atoms with Crippen molar-refractivity contribution in [2.75, 3.05) is 11.6 Å². The Hall–Kier alpha value is -0.280. The Morgan fingerprint density at radius 2 is 2.20 bits per heavy atom. The van der Waals surface area contributed by atoms with Crippen molar-refractivity contribution in [2.24, 2.45) is 0 Å². The lowest BCUT2D eigenvalue weighted by atomic mass is 10.0. The Balaban J connectivity index is 3.15. The molecule has 0 heterocycles. The van der Waals surface area contributed by atoms with E-state index in [1.165, 1.54) is 0 Å². The molecule has 0 atom stereocenters. The highest BCUT2D eigenvalue weighted by Crippen LogP contribution is 2.25. The van der Waals surface area contributed by atoms with Crippen molar-refractivity contribution in [2.45, 2.75) is 24.7 Å². The van der Waals surface area contributed by atoms with E-state index in [4.69, 9.17) is 0 Å². The van der Waals surface area contributed by atoms with Gasteiger partial charge in [0, 0.05) is 22.2 Å². The number of rotatable bonds is 5. The summed E-state index contributed by atoms with van der Waals surface area (Å²) in [6.07, 6.45) is 3.50. The molecule has 0 spiro atoms. The average Bonchev–Trinajstić information content (AvgIpc) is 2.28. The van der Waals surface area contributed by atoms with Crippen molar-refractivity contribution < 1.29 is 4.79 Å². The van der Waals surface area contributed by atoms with E-state index < -0.39 is 0 Å². The zero-order valence-corrected chi connectivity index (χ0v) is 11.5. The van der Waals surface area contributed by atoms with Crippen LogP contribution in [0, 0.1) is 0 Å². The summed E-state index contributed by atoms with van der Waals surface area (Å²) in [6, 6.07) is 6.09. The quantitative estimate of drug-likeness (QED) is 0.463. The maximum atomic E-state index is 12.0. The van der Waals surface area contributed by atoms with Gasteiger partial charge in [0.25, 0.3) is 0 Å². The highest BCUT2D eigenvalue weighted by molar-refractivity contribution is 9.09. The first-order valence-electron chi connectivity index (χ1n) is 4.99. The Bertz CT molecular complexity index is 327. The van der Waals surface area contributed by atoms with Gasteiger partial charge in [-0.2, -0.15) is 0 Å². The molecule has 0 unspecified atom stereocenters. The number of ketones is 1. The zero-order valence-electron chi connectivity index (χ0n) is 9.05. The monoisotopic (exact) mass is 286 g/mol. The van der Waals surface area contributed by atoms with Crippen LogP contribution in [0.3, 0.4) is 0 Å². The number of carbonyl (C=O) groups is 1. The number of aryl methyl sites for hydroxylation is 1. The van der Waals surface area contributed by atoms with Crippen molar-refractivity contribution >= 4 is 33.5 Å². The molecule has 0 fully saturated rings. The predicted molar refractivity (Wildman–Crippen MR) is 70.3 cm³/mol. The summed E-state index contributed by atoms with van der Waals surface area (Å²) in [6.45, 7) is 2.09. The smallest absolute Gasteiger partial charge is 0.165 e. The van der Waals surface area contributed by atoms with Crippen LogP contribution >= 0.6 is 27.7 Å². The van der Waals surface area contributed by atoms with Gasteiger partial charge in [-0.25, -0.2) is 0 Å². The molecule has 0 aromatic heterocycles. The number of halogens is 1. The minimum atomic E-state index is 0.244. The summed E-state index contributed by atoms with van der Waals surface area (Å²) in [5.74, 6) is 0.244. The van der Waals surface area contributed by atoms with E-state index in [0.717, 1.165) is 27.8 Å². The Kier molecular flexibility index (Phi) is 5.40. The molecule has 1 rings (SSSR count). The highest BCUT2D eigenvalue weighted by Gasteiger charge is 2.13. The van der Waals surface area contributed by atoms with Gasteiger partial charge in [0.15, 0.2) is 5.78 Å². The van der Waals surface area contributed by atoms with Gasteiger partial charge in [-0.1, -0.05) is 35.0 Å². The van der Waals surface area contributed by atoms with E-state index in [1.54, 1.807) is 11.8 Å². The third kappa shape index (κ3) is 3.08. The second-order valence-corrected chi connectivity index (χ2v) is 4.85. The van der Waals surface area contributed by atoms with E-state index >= 15 is 0 Å². The molecule has 0 saturated heterocycles. The minimum absolute atomic E-state index is 0.244. The maximum Gasteiger partial charge on any atom is 0.165 e. The molecule has 15 heavy (non-hydrogen) atoms. The zero-order chi connectivity index (χ0) is 11.3. The fourth-order valence-corrected chi connectivity index (χ4v) is 2.59. The molecule has 0 bridgehead atoms. The standard InChI is InChI=1S/C12H15BrOS/c1-3-9-5-4-6-11(15-2)12(9)10(14)7-8-13/h4-6H,3,7-8H2,1-2H3. The topological polar surface area (TPSA) is 17.1 Å². The Labute approximate surface area is 104 Å². The molecule has 1 aromatic rings. The van der Waals surface area contributed by atoms with E-state index in [9.17, 15) is 4.79 Å². The maximum absolute atomic E-state index is 12.0. The lowest BCUT2D eigenvalue weighted by Crippen LogP contribution is -2.05. The SMILES string of the molecule is CCc1cccc(SC)c1C(=O)CCBr. The third-order valence-electron chi connectivity index (χ3n) is 2.31. The molecule has 0 N–H and O–H groups in total. The molecular weight excluding hydrogens is 272 g/mol. The van der Waals surface area contributed by atoms with Gasteiger partial charge < -0.3 is 0 Å². The number of thioether (sulfide) groups is 1. The first-order valence-corrected chi connectivity index (χ1v) is 7.34. The van der Waals surface area contributed by atoms with E-state index in [0.29, 0.717) is 6.42 Å². The van der Waals surface area contributed by atoms with Crippen LogP contribution in [0.15, 0.2) is 23.1 Å². The number of Topliss-reactive ketones (excluding diaryl/α,β-unsaturated/α-hetero) is 1. The largest absolute Gasteiger partial charge is 0.294 e. The molecular formula is C12H15BrOS. The van der Waals surface area contributed by atoms with Crippen molar-refractivity contribution in [1.82, 2.24) is 0 Å². The van der Waals surface area contributed by atoms with Gasteiger partial charge in [0.1, 0.15) is 0 Å². The third-order valence-corrected chi connectivity index (χ3v) is 3.49. The Morgan fingerprint density at radius 3 is 2.73 bits per heavy atom. The summed E-state index contributed by atoms with van der Waals surface area (Å²) < 4.78 is 0. The van der Waals surface area contributed by atoms with Gasteiger partial charge in [-0.3, -0.25) is 4.79 Å². The van der Waals surface area contributed by atoms with Crippen LogP contribution in [0.2, 0.25) is 0 Å². The van der Waals surface area contributed by atoms with Crippen LogP contribution in [-0.2, 0) is 6.42 Å². The Morgan fingerprint density at radius 1 is 1.47 bits per heavy atom. The first kappa shape index (κ1) is 12.8. The molecule has 0 aliphatic rings. The number of hydrogen-bond donors (Lipinski definition) is 0. The normalized spacial score (nSPS) is 10.3. The summed E-state index contributed by atoms with van der Waals surface area (Å²) in [4.78, 5) is 13.1. The van der Waals surface area contributed by atoms with Crippen LogP contribution in [-0.4, -0.2) is 17.4 Å². The molecule has 3 heteroatoms. The van der Waals surface area contributed by atoms with Gasteiger partial charge in [0.05, 0.1) is 0 Å². The van der Waals surface area contributed by atoms with Crippen LogP contribution in [0.1, 0.15) is 29.3 Å². The van der Waals surface area contributed by atoms with Crippen molar-refractivity contribution in [3.8, 4) is 0 Å². The van der Waals surface area contributed by atoms with Crippen LogP contribution < -0.4 is 0 Å².